The lowest BCUT2D eigenvalue weighted by atomic mass is 10.1. The largest absolute Gasteiger partial charge is 0.347 e. The van der Waals surface area contributed by atoms with Crippen molar-refractivity contribution in [2.45, 2.75) is 26.9 Å². The number of halogens is 1. The summed E-state index contributed by atoms with van der Waals surface area (Å²) in [4.78, 5) is 12.2. The molecule has 0 aliphatic carbocycles. The van der Waals surface area contributed by atoms with E-state index in [0.717, 1.165) is 23.4 Å². The van der Waals surface area contributed by atoms with Crippen molar-refractivity contribution in [3.63, 3.8) is 0 Å². The monoisotopic (exact) mass is 327 g/mol. The number of hydrogen-bond donors (Lipinski definition) is 2. The van der Waals surface area contributed by atoms with Gasteiger partial charge < -0.3 is 5.32 Å². The van der Waals surface area contributed by atoms with E-state index in [-0.39, 0.29) is 11.7 Å². The molecule has 2 aromatic heterocycles. The second-order valence-corrected chi connectivity index (χ2v) is 5.45. The topological polar surface area (TPSA) is 75.6 Å². The third-order valence-corrected chi connectivity index (χ3v) is 3.77. The third kappa shape index (κ3) is 3.34. The van der Waals surface area contributed by atoms with Crippen molar-refractivity contribution in [3.8, 4) is 11.3 Å². The van der Waals surface area contributed by atoms with Gasteiger partial charge in [0.2, 0.25) is 0 Å². The number of amides is 1. The van der Waals surface area contributed by atoms with E-state index in [1.807, 2.05) is 24.7 Å². The first-order chi connectivity index (χ1) is 11.6. The van der Waals surface area contributed by atoms with Crippen LogP contribution in [0.4, 0.5) is 4.39 Å². The molecule has 7 heteroatoms. The number of H-pyrrole nitrogens is 1. The van der Waals surface area contributed by atoms with Gasteiger partial charge in [-0.3, -0.25) is 14.6 Å². The van der Waals surface area contributed by atoms with Crippen molar-refractivity contribution < 1.29 is 9.18 Å². The van der Waals surface area contributed by atoms with Gasteiger partial charge in [0.25, 0.3) is 5.91 Å². The number of aryl methyl sites for hydroxylation is 2. The Labute approximate surface area is 138 Å². The normalized spacial score (nSPS) is 10.8. The van der Waals surface area contributed by atoms with Crippen LogP contribution in [0, 0.1) is 12.7 Å². The van der Waals surface area contributed by atoms with Crippen LogP contribution in [0.1, 0.15) is 28.7 Å². The minimum absolute atomic E-state index is 0.250. The fourth-order valence-corrected chi connectivity index (χ4v) is 2.37. The highest BCUT2D eigenvalue weighted by Crippen LogP contribution is 2.18. The van der Waals surface area contributed by atoms with E-state index in [4.69, 9.17) is 0 Å². The van der Waals surface area contributed by atoms with E-state index < -0.39 is 0 Å². The number of rotatable bonds is 5. The molecule has 0 bridgehead atoms. The first-order valence-corrected chi connectivity index (χ1v) is 7.69. The Morgan fingerprint density at radius 3 is 2.75 bits per heavy atom. The fraction of sp³-hybridized carbons (Fsp3) is 0.235. The van der Waals surface area contributed by atoms with Crippen LogP contribution in [0.2, 0.25) is 0 Å². The third-order valence-electron chi connectivity index (χ3n) is 3.77. The highest BCUT2D eigenvalue weighted by atomic mass is 19.1. The minimum Gasteiger partial charge on any atom is -0.347 e. The van der Waals surface area contributed by atoms with E-state index in [1.165, 1.54) is 12.1 Å². The zero-order valence-corrected chi connectivity index (χ0v) is 13.5. The highest BCUT2D eigenvalue weighted by molar-refractivity contribution is 5.93. The maximum atomic E-state index is 13.0. The second-order valence-electron chi connectivity index (χ2n) is 5.45. The van der Waals surface area contributed by atoms with E-state index in [2.05, 4.69) is 20.6 Å². The summed E-state index contributed by atoms with van der Waals surface area (Å²) in [7, 11) is 0. The Balaban J connectivity index is 1.67. The smallest absolute Gasteiger partial charge is 0.269 e. The van der Waals surface area contributed by atoms with Gasteiger partial charge in [-0.25, -0.2) is 4.39 Å². The summed E-state index contributed by atoms with van der Waals surface area (Å²) in [6.07, 6.45) is 1.92. The SMILES string of the molecule is CCn1cc(CNC(=O)c2cc(-c3ccc(F)cc3)n[nH]2)c(C)n1. The molecule has 3 aromatic rings. The van der Waals surface area contributed by atoms with Gasteiger partial charge in [-0.05, 0) is 44.2 Å². The summed E-state index contributed by atoms with van der Waals surface area (Å²) >= 11 is 0. The van der Waals surface area contributed by atoms with Gasteiger partial charge in [0.1, 0.15) is 11.5 Å². The van der Waals surface area contributed by atoms with Crippen LogP contribution in [0.5, 0.6) is 0 Å². The zero-order chi connectivity index (χ0) is 17.1. The van der Waals surface area contributed by atoms with E-state index in [9.17, 15) is 9.18 Å². The van der Waals surface area contributed by atoms with Crippen molar-refractivity contribution in [3.05, 3.63) is 59.3 Å². The number of nitrogens with one attached hydrogen (secondary N) is 2. The molecule has 0 aliphatic rings. The number of benzene rings is 1. The molecular weight excluding hydrogens is 309 g/mol. The number of aromatic nitrogens is 4. The van der Waals surface area contributed by atoms with Gasteiger partial charge in [-0.2, -0.15) is 10.2 Å². The molecule has 2 N–H and O–H groups in total. The van der Waals surface area contributed by atoms with Gasteiger partial charge in [0, 0.05) is 30.4 Å². The van der Waals surface area contributed by atoms with Crippen molar-refractivity contribution >= 4 is 5.91 Å². The van der Waals surface area contributed by atoms with Crippen molar-refractivity contribution in [2.24, 2.45) is 0 Å². The molecule has 0 radical (unpaired) electrons. The average molecular weight is 327 g/mol. The van der Waals surface area contributed by atoms with Gasteiger partial charge >= 0.3 is 0 Å². The van der Waals surface area contributed by atoms with Crippen LogP contribution >= 0.6 is 0 Å². The van der Waals surface area contributed by atoms with Crippen LogP contribution < -0.4 is 5.32 Å². The molecule has 0 unspecified atom stereocenters. The van der Waals surface area contributed by atoms with E-state index in [0.29, 0.717) is 17.9 Å². The van der Waals surface area contributed by atoms with Crippen LogP contribution in [-0.2, 0) is 13.1 Å². The second kappa shape index (κ2) is 6.66. The number of carbonyl (C=O) groups excluding carboxylic acids is 1. The molecule has 0 fully saturated rings. The Morgan fingerprint density at radius 1 is 1.33 bits per heavy atom. The molecule has 24 heavy (non-hydrogen) atoms. The lowest BCUT2D eigenvalue weighted by Crippen LogP contribution is -2.23. The van der Waals surface area contributed by atoms with Gasteiger partial charge in [-0.1, -0.05) is 0 Å². The lowest BCUT2D eigenvalue weighted by Gasteiger charge is -2.01. The molecule has 0 aliphatic heterocycles. The van der Waals surface area contributed by atoms with Crippen LogP contribution in [0.3, 0.4) is 0 Å². The molecule has 6 nitrogen and oxygen atoms in total. The molecule has 124 valence electrons. The van der Waals surface area contributed by atoms with Crippen molar-refractivity contribution in [2.75, 3.05) is 0 Å². The molecule has 1 aromatic carbocycles. The summed E-state index contributed by atoms with van der Waals surface area (Å²) in [5, 5.41) is 14.0. The Hall–Kier alpha value is -2.96. The lowest BCUT2D eigenvalue weighted by molar-refractivity contribution is 0.0946. The highest BCUT2D eigenvalue weighted by Gasteiger charge is 2.12. The summed E-state index contributed by atoms with van der Waals surface area (Å²) < 4.78 is 14.8. The maximum Gasteiger partial charge on any atom is 0.269 e. The van der Waals surface area contributed by atoms with Crippen LogP contribution in [-0.4, -0.2) is 25.9 Å². The Kier molecular flexibility index (Phi) is 4.41. The Morgan fingerprint density at radius 2 is 2.08 bits per heavy atom. The number of hydrogen-bond acceptors (Lipinski definition) is 3. The van der Waals surface area contributed by atoms with Crippen molar-refractivity contribution in [1.29, 1.82) is 0 Å². The van der Waals surface area contributed by atoms with E-state index >= 15 is 0 Å². The first kappa shape index (κ1) is 15.9. The molecule has 0 saturated heterocycles. The number of carbonyl (C=O) groups is 1. The molecule has 1 amide bonds. The molecule has 0 atom stereocenters. The van der Waals surface area contributed by atoms with E-state index in [1.54, 1.807) is 18.2 Å². The maximum absolute atomic E-state index is 13.0. The van der Waals surface area contributed by atoms with Crippen molar-refractivity contribution in [1.82, 2.24) is 25.3 Å². The summed E-state index contributed by atoms with van der Waals surface area (Å²) in [6.45, 7) is 5.11. The standard InChI is InChI=1S/C17H18FN5O/c1-3-23-10-13(11(2)22-23)9-19-17(24)16-8-15(20-21-16)12-4-6-14(18)7-5-12/h4-8,10H,3,9H2,1-2H3,(H,19,24)(H,20,21). The summed E-state index contributed by atoms with van der Waals surface area (Å²) in [6, 6.07) is 7.60. The van der Waals surface area contributed by atoms with Gasteiger partial charge in [-0.15, -0.1) is 0 Å². The molecule has 3 rings (SSSR count). The predicted octanol–water partition coefficient (Wildman–Crippen LogP) is 2.67. The number of nitrogens with zero attached hydrogens (tertiary/aromatic N) is 3. The molecule has 0 spiro atoms. The first-order valence-electron chi connectivity index (χ1n) is 7.69. The molecule has 0 saturated carbocycles. The molecule has 2 heterocycles. The zero-order valence-electron chi connectivity index (χ0n) is 13.5. The summed E-state index contributed by atoms with van der Waals surface area (Å²) in [5.74, 6) is -0.560. The fourth-order valence-electron chi connectivity index (χ4n) is 2.37. The van der Waals surface area contributed by atoms with Gasteiger partial charge in [0.05, 0.1) is 11.4 Å². The molecular formula is C17H18FN5O. The number of aromatic amines is 1. The minimum atomic E-state index is -0.310. The Bertz CT molecular complexity index is 850. The average Bonchev–Trinajstić information content (AvgIpc) is 3.20. The predicted molar refractivity (Wildman–Crippen MR) is 87.8 cm³/mol. The summed E-state index contributed by atoms with van der Waals surface area (Å²) in [5.41, 5.74) is 3.56. The van der Waals surface area contributed by atoms with Crippen LogP contribution in [0.25, 0.3) is 11.3 Å². The quantitative estimate of drug-likeness (QED) is 0.756. The van der Waals surface area contributed by atoms with Gasteiger partial charge in [0.15, 0.2) is 0 Å². The van der Waals surface area contributed by atoms with Crippen LogP contribution in [0.15, 0.2) is 36.5 Å².